The lowest BCUT2D eigenvalue weighted by atomic mass is 10.0. The van der Waals surface area contributed by atoms with Crippen LogP contribution in [0.3, 0.4) is 0 Å². The molecule has 1 aliphatic rings. The highest BCUT2D eigenvalue weighted by molar-refractivity contribution is 5.44. The summed E-state index contributed by atoms with van der Waals surface area (Å²) in [5.74, 6) is 0.886. The number of aliphatic hydroxyl groups is 2. The predicted molar refractivity (Wildman–Crippen MR) is 88.5 cm³/mol. The first kappa shape index (κ1) is 17.3. The van der Waals surface area contributed by atoms with Crippen molar-refractivity contribution in [2.24, 2.45) is 0 Å². The molecule has 2 atom stereocenters. The van der Waals surface area contributed by atoms with Gasteiger partial charge in [0.15, 0.2) is 0 Å². The number of rotatable bonds is 6. The molecule has 1 fully saturated rings. The SMILES string of the molecule is Cc1ccc(C)c(OCC(O)CN2CCCCC2CO)c1C. The van der Waals surface area contributed by atoms with E-state index < -0.39 is 6.10 Å². The van der Waals surface area contributed by atoms with Gasteiger partial charge in [-0.15, -0.1) is 0 Å². The van der Waals surface area contributed by atoms with Gasteiger partial charge in [-0.3, -0.25) is 4.90 Å². The smallest absolute Gasteiger partial charge is 0.125 e. The summed E-state index contributed by atoms with van der Waals surface area (Å²) < 4.78 is 5.88. The number of aryl methyl sites for hydroxylation is 2. The number of hydrogen-bond acceptors (Lipinski definition) is 4. The van der Waals surface area contributed by atoms with Gasteiger partial charge in [0, 0.05) is 12.6 Å². The first-order chi connectivity index (χ1) is 10.5. The van der Waals surface area contributed by atoms with E-state index in [1.54, 1.807) is 0 Å². The molecule has 1 saturated heterocycles. The number of benzene rings is 1. The molecule has 1 aliphatic heterocycles. The maximum absolute atomic E-state index is 10.3. The molecule has 0 aromatic heterocycles. The van der Waals surface area contributed by atoms with Crippen molar-refractivity contribution < 1.29 is 14.9 Å². The maximum atomic E-state index is 10.3. The summed E-state index contributed by atoms with van der Waals surface area (Å²) in [6, 6.07) is 4.33. The molecule has 4 nitrogen and oxygen atoms in total. The van der Waals surface area contributed by atoms with Crippen molar-refractivity contribution in [1.82, 2.24) is 4.90 Å². The van der Waals surface area contributed by atoms with Crippen molar-refractivity contribution in [3.8, 4) is 5.75 Å². The first-order valence-corrected chi connectivity index (χ1v) is 8.25. The Morgan fingerprint density at radius 3 is 2.68 bits per heavy atom. The minimum atomic E-state index is -0.536. The maximum Gasteiger partial charge on any atom is 0.125 e. The topological polar surface area (TPSA) is 52.9 Å². The van der Waals surface area contributed by atoms with Crippen LogP contribution in [-0.4, -0.2) is 53.6 Å². The van der Waals surface area contributed by atoms with Crippen LogP contribution in [0, 0.1) is 20.8 Å². The molecule has 124 valence electrons. The van der Waals surface area contributed by atoms with Crippen molar-refractivity contribution in [3.63, 3.8) is 0 Å². The lowest BCUT2D eigenvalue weighted by molar-refractivity contribution is 0.0230. The highest BCUT2D eigenvalue weighted by Crippen LogP contribution is 2.26. The summed E-state index contributed by atoms with van der Waals surface area (Å²) >= 11 is 0. The van der Waals surface area contributed by atoms with Gasteiger partial charge in [0.1, 0.15) is 18.5 Å². The zero-order valence-electron chi connectivity index (χ0n) is 14.0. The van der Waals surface area contributed by atoms with Gasteiger partial charge in [0.05, 0.1) is 6.61 Å². The Kier molecular flexibility index (Phi) is 6.24. The van der Waals surface area contributed by atoms with Crippen LogP contribution in [0.5, 0.6) is 5.75 Å². The molecule has 0 saturated carbocycles. The molecule has 0 radical (unpaired) electrons. The largest absolute Gasteiger partial charge is 0.490 e. The molecule has 2 unspecified atom stereocenters. The monoisotopic (exact) mass is 307 g/mol. The Labute approximate surface area is 133 Å². The Bertz CT molecular complexity index is 489. The van der Waals surface area contributed by atoms with Gasteiger partial charge in [0.2, 0.25) is 0 Å². The minimum absolute atomic E-state index is 0.170. The van der Waals surface area contributed by atoms with Gasteiger partial charge in [-0.05, 0) is 56.8 Å². The third-order valence-electron chi connectivity index (χ3n) is 4.70. The molecule has 0 amide bonds. The summed E-state index contributed by atoms with van der Waals surface area (Å²) in [4.78, 5) is 2.19. The Morgan fingerprint density at radius 2 is 1.95 bits per heavy atom. The Hall–Kier alpha value is -1.10. The second-order valence-electron chi connectivity index (χ2n) is 6.45. The molecule has 4 heteroatoms. The molecule has 0 spiro atoms. The molecular weight excluding hydrogens is 278 g/mol. The molecule has 1 heterocycles. The normalized spacial score (nSPS) is 20.9. The van der Waals surface area contributed by atoms with Crippen LogP contribution in [0.2, 0.25) is 0 Å². The first-order valence-electron chi connectivity index (χ1n) is 8.25. The Morgan fingerprint density at radius 1 is 1.23 bits per heavy atom. The minimum Gasteiger partial charge on any atom is -0.490 e. The molecule has 0 bridgehead atoms. The number of ether oxygens (including phenoxy) is 1. The van der Waals surface area contributed by atoms with E-state index >= 15 is 0 Å². The number of hydrogen-bond donors (Lipinski definition) is 2. The van der Waals surface area contributed by atoms with E-state index in [0.717, 1.165) is 42.7 Å². The van der Waals surface area contributed by atoms with Crippen LogP contribution in [0.25, 0.3) is 0 Å². The van der Waals surface area contributed by atoms with E-state index in [9.17, 15) is 10.2 Å². The molecule has 22 heavy (non-hydrogen) atoms. The molecule has 1 aromatic rings. The number of nitrogens with zero attached hydrogens (tertiary/aromatic N) is 1. The van der Waals surface area contributed by atoms with E-state index in [1.807, 2.05) is 6.92 Å². The number of likely N-dealkylation sites (tertiary alicyclic amines) is 1. The molecule has 0 aliphatic carbocycles. The van der Waals surface area contributed by atoms with E-state index in [0.29, 0.717) is 13.2 Å². The zero-order valence-corrected chi connectivity index (χ0v) is 14.0. The van der Waals surface area contributed by atoms with Crippen LogP contribution in [0.4, 0.5) is 0 Å². The number of aliphatic hydroxyl groups excluding tert-OH is 2. The molecule has 1 aromatic carbocycles. The lowest BCUT2D eigenvalue weighted by Crippen LogP contribution is -2.46. The third kappa shape index (κ3) is 4.22. The highest BCUT2D eigenvalue weighted by atomic mass is 16.5. The van der Waals surface area contributed by atoms with E-state index in [4.69, 9.17) is 4.74 Å². The summed E-state index contributed by atoms with van der Waals surface area (Å²) in [5, 5.41) is 19.7. The van der Waals surface area contributed by atoms with Crippen molar-refractivity contribution >= 4 is 0 Å². The second-order valence-corrected chi connectivity index (χ2v) is 6.45. The van der Waals surface area contributed by atoms with Gasteiger partial charge in [-0.25, -0.2) is 0 Å². The van der Waals surface area contributed by atoms with Crippen LogP contribution >= 0.6 is 0 Å². The van der Waals surface area contributed by atoms with Crippen molar-refractivity contribution in [3.05, 3.63) is 28.8 Å². The average molecular weight is 307 g/mol. The van der Waals surface area contributed by atoms with Crippen molar-refractivity contribution in [2.75, 3.05) is 26.3 Å². The summed E-state index contributed by atoms with van der Waals surface area (Å²) in [7, 11) is 0. The van der Waals surface area contributed by atoms with Crippen LogP contribution in [0.15, 0.2) is 12.1 Å². The molecule has 2 rings (SSSR count). The van der Waals surface area contributed by atoms with Crippen LogP contribution < -0.4 is 4.74 Å². The lowest BCUT2D eigenvalue weighted by Gasteiger charge is -2.35. The number of piperidine rings is 1. The van der Waals surface area contributed by atoms with Crippen molar-refractivity contribution in [1.29, 1.82) is 0 Å². The third-order valence-corrected chi connectivity index (χ3v) is 4.70. The second kappa shape index (κ2) is 7.95. The standard InChI is InChI=1S/C18H29NO3/c1-13-7-8-14(2)18(15(13)3)22-12-17(21)10-19-9-5-4-6-16(19)11-20/h7-8,16-17,20-21H,4-6,9-12H2,1-3H3. The Balaban J connectivity index is 1.90. The van der Waals surface area contributed by atoms with Gasteiger partial charge in [-0.1, -0.05) is 18.6 Å². The van der Waals surface area contributed by atoms with Gasteiger partial charge in [-0.2, -0.15) is 0 Å². The summed E-state index contributed by atoms with van der Waals surface area (Å²) in [5.41, 5.74) is 3.44. The number of β-amino-alcohol motifs (C(OH)–C–C–N with tert-alkyl or cyclic N) is 1. The van der Waals surface area contributed by atoms with E-state index in [-0.39, 0.29) is 12.6 Å². The highest BCUT2D eigenvalue weighted by Gasteiger charge is 2.24. The fraction of sp³-hybridized carbons (Fsp3) is 0.667. The quantitative estimate of drug-likeness (QED) is 0.846. The van der Waals surface area contributed by atoms with Crippen molar-refractivity contribution in [2.45, 2.75) is 52.2 Å². The summed E-state index contributed by atoms with van der Waals surface area (Å²) in [6.07, 6.45) is 2.78. The summed E-state index contributed by atoms with van der Waals surface area (Å²) in [6.45, 7) is 8.12. The average Bonchev–Trinajstić information content (AvgIpc) is 2.51. The fourth-order valence-corrected chi connectivity index (χ4v) is 3.16. The van der Waals surface area contributed by atoms with Gasteiger partial charge < -0.3 is 14.9 Å². The van der Waals surface area contributed by atoms with Gasteiger partial charge in [0.25, 0.3) is 0 Å². The fourth-order valence-electron chi connectivity index (χ4n) is 3.16. The predicted octanol–water partition coefficient (Wildman–Crippen LogP) is 2.20. The van der Waals surface area contributed by atoms with Crippen LogP contribution in [-0.2, 0) is 0 Å². The van der Waals surface area contributed by atoms with Gasteiger partial charge >= 0.3 is 0 Å². The van der Waals surface area contributed by atoms with E-state index in [2.05, 4.69) is 30.9 Å². The molecular formula is C18H29NO3. The van der Waals surface area contributed by atoms with Crippen LogP contribution in [0.1, 0.15) is 36.0 Å². The zero-order chi connectivity index (χ0) is 16.1. The molecule has 2 N–H and O–H groups in total. The van der Waals surface area contributed by atoms with E-state index in [1.165, 1.54) is 5.56 Å².